The summed E-state index contributed by atoms with van der Waals surface area (Å²) in [5.74, 6) is -0.925. The summed E-state index contributed by atoms with van der Waals surface area (Å²) in [4.78, 5) is 38.9. The number of rotatable bonds is 10. The minimum Gasteiger partial charge on any atom is -0.480 e. The summed E-state index contributed by atoms with van der Waals surface area (Å²) in [6.45, 7) is 3.42. The van der Waals surface area contributed by atoms with Gasteiger partial charge in [0.1, 0.15) is 6.04 Å². The maximum atomic E-state index is 11.8. The minimum absolute atomic E-state index is 0.0431. The lowest BCUT2D eigenvalue weighted by Crippen LogP contribution is -2.46. The van der Waals surface area contributed by atoms with Gasteiger partial charge in [-0.05, 0) is 24.5 Å². The molecule has 27 heavy (non-hydrogen) atoms. The molecule has 0 aromatic carbocycles. The number of hydrogen-bond donors (Lipinski definition) is 3. The number of nitrogens with one attached hydrogen (secondary N) is 2. The van der Waals surface area contributed by atoms with E-state index in [1.165, 1.54) is 6.26 Å². The van der Waals surface area contributed by atoms with Gasteiger partial charge >= 0.3 is 5.97 Å². The highest BCUT2D eigenvalue weighted by Gasteiger charge is 2.21. The number of hydrogen-bond acceptors (Lipinski definition) is 7. The van der Waals surface area contributed by atoms with Crippen LogP contribution in [0.3, 0.4) is 0 Å². The number of nitrogens with zero attached hydrogens (tertiary/aromatic N) is 2. The van der Waals surface area contributed by atoms with Gasteiger partial charge in [0.05, 0.1) is 12.8 Å². The fraction of sp³-hybridized carbons (Fsp3) is 0.471. The molecule has 0 aliphatic rings. The molecule has 2 aromatic rings. The van der Waals surface area contributed by atoms with Crippen LogP contribution < -0.4 is 10.6 Å². The number of aromatic nitrogens is 2. The van der Waals surface area contributed by atoms with Gasteiger partial charge in [0.2, 0.25) is 23.5 Å². The SMILES string of the molecule is CC(C)C[C@H](NC(=O)CNC(=O)CCc1nc(-c2ccco2)no1)C(=O)O. The highest BCUT2D eigenvalue weighted by Crippen LogP contribution is 2.16. The van der Waals surface area contributed by atoms with Crippen molar-refractivity contribution in [1.82, 2.24) is 20.8 Å². The van der Waals surface area contributed by atoms with Crippen LogP contribution in [-0.4, -0.2) is 45.6 Å². The zero-order chi connectivity index (χ0) is 19.8. The number of carboxylic acids is 1. The zero-order valence-corrected chi connectivity index (χ0v) is 15.1. The summed E-state index contributed by atoms with van der Waals surface area (Å²) in [7, 11) is 0. The van der Waals surface area contributed by atoms with Crippen molar-refractivity contribution in [2.24, 2.45) is 5.92 Å². The van der Waals surface area contributed by atoms with Crippen LogP contribution in [0.2, 0.25) is 0 Å². The van der Waals surface area contributed by atoms with Crippen LogP contribution in [0.5, 0.6) is 0 Å². The second-order valence-corrected chi connectivity index (χ2v) is 6.35. The molecule has 2 amide bonds. The summed E-state index contributed by atoms with van der Waals surface area (Å²) in [6.07, 6.45) is 2.04. The van der Waals surface area contributed by atoms with E-state index in [9.17, 15) is 14.4 Å². The Morgan fingerprint density at radius 2 is 2.04 bits per heavy atom. The van der Waals surface area contributed by atoms with Crippen LogP contribution in [0.25, 0.3) is 11.6 Å². The van der Waals surface area contributed by atoms with Crippen molar-refractivity contribution in [3.8, 4) is 11.6 Å². The summed E-state index contributed by atoms with van der Waals surface area (Å²) >= 11 is 0. The Morgan fingerprint density at radius 1 is 1.26 bits per heavy atom. The fourth-order valence-electron chi connectivity index (χ4n) is 2.29. The van der Waals surface area contributed by atoms with E-state index >= 15 is 0 Å². The lowest BCUT2D eigenvalue weighted by atomic mass is 10.0. The molecule has 1 atom stereocenters. The van der Waals surface area contributed by atoms with E-state index in [2.05, 4.69) is 20.8 Å². The number of aliphatic carboxylic acids is 1. The molecular weight excluding hydrogens is 356 g/mol. The highest BCUT2D eigenvalue weighted by atomic mass is 16.5. The molecule has 3 N–H and O–H groups in total. The predicted molar refractivity (Wildman–Crippen MR) is 92.4 cm³/mol. The molecule has 10 nitrogen and oxygen atoms in total. The van der Waals surface area contributed by atoms with E-state index in [0.717, 1.165) is 0 Å². The molecule has 0 spiro atoms. The molecule has 0 bridgehead atoms. The Morgan fingerprint density at radius 3 is 2.67 bits per heavy atom. The number of amides is 2. The summed E-state index contributed by atoms with van der Waals surface area (Å²) in [5.41, 5.74) is 0. The zero-order valence-electron chi connectivity index (χ0n) is 15.1. The average Bonchev–Trinajstić information content (AvgIpc) is 3.28. The van der Waals surface area contributed by atoms with Gasteiger partial charge in [-0.15, -0.1) is 0 Å². The van der Waals surface area contributed by atoms with Crippen molar-refractivity contribution in [2.75, 3.05) is 6.54 Å². The van der Waals surface area contributed by atoms with Crippen molar-refractivity contribution in [3.05, 3.63) is 24.3 Å². The summed E-state index contributed by atoms with van der Waals surface area (Å²) in [6, 6.07) is 2.40. The molecule has 0 saturated heterocycles. The van der Waals surface area contributed by atoms with Crippen LogP contribution in [0.4, 0.5) is 0 Å². The Bertz CT molecular complexity index is 768. The van der Waals surface area contributed by atoms with Crippen molar-refractivity contribution in [1.29, 1.82) is 0 Å². The third kappa shape index (κ3) is 6.57. The Balaban J connectivity index is 1.72. The molecule has 0 aliphatic heterocycles. The Labute approximate surface area is 155 Å². The molecule has 2 rings (SSSR count). The van der Waals surface area contributed by atoms with Crippen molar-refractivity contribution in [2.45, 2.75) is 39.2 Å². The first kappa shape index (κ1) is 20.1. The first-order valence-electron chi connectivity index (χ1n) is 8.50. The maximum Gasteiger partial charge on any atom is 0.326 e. The molecule has 0 unspecified atom stereocenters. The van der Waals surface area contributed by atoms with Crippen molar-refractivity contribution in [3.63, 3.8) is 0 Å². The number of carboxylic acid groups (broad SMARTS) is 1. The Hall–Kier alpha value is -3.17. The van der Waals surface area contributed by atoms with Crippen molar-refractivity contribution < 1.29 is 28.4 Å². The number of furan rings is 1. The molecule has 0 saturated carbocycles. The molecule has 0 aliphatic carbocycles. The molecule has 0 fully saturated rings. The van der Waals surface area contributed by atoms with Gasteiger partial charge < -0.3 is 24.7 Å². The molecule has 2 aromatic heterocycles. The topological polar surface area (TPSA) is 148 Å². The summed E-state index contributed by atoms with van der Waals surface area (Å²) in [5, 5.41) is 17.7. The number of carbonyl (C=O) groups excluding carboxylic acids is 2. The second kappa shape index (κ2) is 9.51. The predicted octanol–water partition coefficient (Wildman–Crippen LogP) is 0.994. The summed E-state index contributed by atoms with van der Waals surface area (Å²) < 4.78 is 10.2. The van der Waals surface area contributed by atoms with Gasteiger partial charge in [-0.25, -0.2) is 4.79 Å². The van der Waals surface area contributed by atoms with E-state index < -0.39 is 23.8 Å². The number of aryl methyl sites for hydroxylation is 1. The van der Waals surface area contributed by atoms with Crippen LogP contribution in [0, 0.1) is 5.92 Å². The van der Waals surface area contributed by atoms with E-state index in [1.54, 1.807) is 12.1 Å². The van der Waals surface area contributed by atoms with Crippen molar-refractivity contribution >= 4 is 17.8 Å². The van der Waals surface area contributed by atoms with Gasteiger partial charge in [0.15, 0.2) is 5.76 Å². The molecule has 2 heterocycles. The monoisotopic (exact) mass is 378 g/mol. The van der Waals surface area contributed by atoms with Crippen LogP contribution in [0.1, 0.15) is 32.6 Å². The first-order valence-corrected chi connectivity index (χ1v) is 8.50. The van der Waals surface area contributed by atoms with Gasteiger partial charge in [-0.2, -0.15) is 4.98 Å². The Kier molecular flexibility index (Phi) is 7.09. The van der Waals surface area contributed by atoms with E-state index in [4.69, 9.17) is 14.0 Å². The minimum atomic E-state index is -1.10. The fourth-order valence-corrected chi connectivity index (χ4v) is 2.29. The van der Waals surface area contributed by atoms with Gasteiger partial charge in [-0.1, -0.05) is 19.0 Å². The average molecular weight is 378 g/mol. The standard InChI is InChI=1S/C17H22N4O6/c1-10(2)8-11(17(24)25)19-14(23)9-18-13(22)5-6-15-20-16(21-27-15)12-4-3-7-26-12/h3-4,7,10-11H,5-6,8-9H2,1-2H3,(H,18,22)(H,19,23)(H,24,25)/t11-/m0/s1. The molecule has 10 heteroatoms. The quantitative estimate of drug-likeness (QED) is 0.554. The lowest BCUT2D eigenvalue weighted by Gasteiger charge is -2.16. The maximum absolute atomic E-state index is 11.8. The van der Waals surface area contributed by atoms with E-state index in [1.807, 2.05) is 13.8 Å². The van der Waals surface area contributed by atoms with E-state index in [-0.39, 0.29) is 31.2 Å². The normalized spacial score (nSPS) is 12.0. The lowest BCUT2D eigenvalue weighted by molar-refractivity contribution is -0.142. The molecule has 146 valence electrons. The van der Waals surface area contributed by atoms with Crippen LogP contribution >= 0.6 is 0 Å². The van der Waals surface area contributed by atoms with Crippen LogP contribution in [-0.2, 0) is 20.8 Å². The second-order valence-electron chi connectivity index (χ2n) is 6.35. The number of carbonyl (C=O) groups is 3. The van der Waals surface area contributed by atoms with Gasteiger partial charge in [0.25, 0.3) is 0 Å². The van der Waals surface area contributed by atoms with Crippen LogP contribution in [0.15, 0.2) is 27.3 Å². The third-order valence-electron chi connectivity index (χ3n) is 3.56. The van der Waals surface area contributed by atoms with Gasteiger partial charge in [-0.3, -0.25) is 9.59 Å². The van der Waals surface area contributed by atoms with E-state index in [0.29, 0.717) is 18.0 Å². The van der Waals surface area contributed by atoms with Gasteiger partial charge in [0, 0.05) is 12.8 Å². The third-order valence-corrected chi connectivity index (χ3v) is 3.56. The molecular formula is C17H22N4O6. The molecule has 0 radical (unpaired) electrons. The smallest absolute Gasteiger partial charge is 0.326 e. The highest BCUT2D eigenvalue weighted by molar-refractivity contribution is 5.87. The largest absolute Gasteiger partial charge is 0.480 e. The first-order chi connectivity index (χ1) is 12.8.